The first-order chi connectivity index (χ1) is 10.8. The van der Waals surface area contributed by atoms with E-state index in [1.165, 1.54) is 38.5 Å². The fourth-order valence-electron chi connectivity index (χ4n) is 3.31. The summed E-state index contributed by atoms with van der Waals surface area (Å²) in [6.45, 7) is 2.53. The van der Waals surface area contributed by atoms with Crippen molar-refractivity contribution >= 4 is 6.08 Å². The van der Waals surface area contributed by atoms with Crippen molar-refractivity contribution in [2.75, 3.05) is 6.79 Å². The molecule has 3 rings (SSSR count). The zero-order chi connectivity index (χ0) is 15.4. The van der Waals surface area contributed by atoms with Gasteiger partial charge in [0.2, 0.25) is 6.79 Å². The van der Waals surface area contributed by atoms with E-state index < -0.39 is 6.10 Å². The van der Waals surface area contributed by atoms with E-state index in [0.717, 1.165) is 41.0 Å². The fourth-order valence-corrected chi connectivity index (χ4v) is 3.31. The molecule has 1 atom stereocenters. The number of rotatable bonds is 8. The summed E-state index contributed by atoms with van der Waals surface area (Å²) in [6, 6.07) is 3.91. The summed E-state index contributed by atoms with van der Waals surface area (Å²) in [5.41, 5.74) is 3.17. The van der Waals surface area contributed by atoms with E-state index in [1.807, 2.05) is 12.1 Å². The SMILES string of the molecule is CCCCCCCCCC1=Cc2cc3c(cc2C1O)OCO3. The van der Waals surface area contributed by atoms with Crippen LogP contribution in [-0.2, 0) is 0 Å². The zero-order valence-electron chi connectivity index (χ0n) is 13.4. The van der Waals surface area contributed by atoms with Crippen molar-refractivity contribution in [1.82, 2.24) is 0 Å². The second kappa shape index (κ2) is 7.19. The van der Waals surface area contributed by atoms with E-state index in [9.17, 15) is 5.11 Å². The zero-order valence-corrected chi connectivity index (χ0v) is 13.4. The third kappa shape index (κ3) is 3.30. The Bertz CT molecular complexity index is 548. The number of aliphatic hydroxyl groups is 1. The van der Waals surface area contributed by atoms with Gasteiger partial charge in [0.25, 0.3) is 0 Å². The molecule has 3 heteroatoms. The lowest BCUT2D eigenvalue weighted by molar-refractivity contribution is 0.173. The Morgan fingerprint density at radius 2 is 1.68 bits per heavy atom. The Hall–Kier alpha value is -1.48. The number of unbranched alkanes of at least 4 members (excludes halogenated alkanes) is 6. The summed E-state index contributed by atoms with van der Waals surface area (Å²) in [6.07, 6.45) is 11.7. The predicted molar refractivity (Wildman–Crippen MR) is 88.1 cm³/mol. The van der Waals surface area contributed by atoms with Gasteiger partial charge in [0, 0.05) is 0 Å². The lowest BCUT2D eigenvalue weighted by atomic mass is 10.0. The van der Waals surface area contributed by atoms with Crippen molar-refractivity contribution < 1.29 is 14.6 Å². The Morgan fingerprint density at radius 1 is 1.00 bits per heavy atom. The van der Waals surface area contributed by atoms with Gasteiger partial charge in [0.15, 0.2) is 11.5 Å². The van der Waals surface area contributed by atoms with E-state index in [4.69, 9.17) is 9.47 Å². The molecule has 0 bridgehead atoms. The van der Waals surface area contributed by atoms with Gasteiger partial charge in [-0.15, -0.1) is 0 Å². The number of hydrogen-bond acceptors (Lipinski definition) is 3. The Kier molecular flexibility index (Phi) is 5.04. The number of benzene rings is 1. The van der Waals surface area contributed by atoms with Crippen molar-refractivity contribution in [2.45, 2.75) is 64.4 Å². The maximum Gasteiger partial charge on any atom is 0.231 e. The van der Waals surface area contributed by atoms with Crippen LogP contribution in [0.4, 0.5) is 0 Å². The molecule has 0 saturated heterocycles. The first-order valence-corrected chi connectivity index (χ1v) is 8.61. The molecule has 0 aromatic heterocycles. The van der Waals surface area contributed by atoms with E-state index in [2.05, 4.69) is 13.0 Å². The molecule has 2 aliphatic rings. The lowest BCUT2D eigenvalue weighted by Crippen LogP contribution is -1.97. The maximum atomic E-state index is 10.5. The molecule has 0 saturated carbocycles. The number of fused-ring (bicyclic) bond motifs is 2. The minimum Gasteiger partial charge on any atom is -0.454 e. The minimum absolute atomic E-state index is 0.281. The number of hydrogen-bond donors (Lipinski definition) is 1. The van der Waals surface area contributed by atoms with Crippen molar-refractivity contribution in [3.05, 3.63) is 28.8 Å². The Morgan fingerprint density at radius 3 is 2.45 bits per heavy atom. The second-order valence-electron chi connectivity index (χ2n) is 6.33. The number of aliphatic hydroxyl groups excluding tert-OH is 1. The average molecular weight is 302 g/mol. The third-order valence-electron chi connectivity index (χ3n) is 4.63. The highest BCUT2D eigenvalue weighted by atomic mass is 16.7. The van der Waals surface area contributed by atoms with Gasteiger partial charge in [-0.3, -0.25) is 0 Å². The molecule has 120 valence electrons. The second-order valence-corrected chi connectivity index (χ2v) is 6.33. The van der Waals surface area contributed by atoms with Crippen molar-refractivity contribution in [1.29, 1.82) is 0 Å². The van der Waals surface area contributed by atoms with Crippen LogP contribution in [0.1, 0.15) is 75.5 Å². The van der Waals surface area contributed by atoms with Crippen LogP contribution in [0.25, 0.3) is 6.08 Å². The molecule has 0 spiro atoms. The Balaban J connectivity index is 1.49. The van der Waals surface area contributed by atoms with Gasteiger partial charge in [-0.2, -0.15) is 0 Å². The first-order valence-electron chi connectivity index (χ1n) is 8.61. The van der Waals surface area contributed by atoms with Crippen molar-refractivity contribution in [2.24, 2.45) is 0 Å². The normalized spacial score (nSPS) is 18.5. The van der Waals surface area contributed by atoms with Gasteiger partial charge in [-0.05, 0) is 41.7 Å². The third-order valence-corrected chi connectivity index (χ3v) is 4.63. The highest BCUT2D eigenvalue weighted by molar-refractivity contribution is 5.69. The summed E-state index contributed by atoms with van der Waals surface area (Å²) < 4.78 is 10.8. The van der Waals surface area contributed by atoms with E-state index >= 15 is 0 Å². The minimum atomic E-state index is -0.468. The molecule has 0 amide bonds. The summed E-state index contributed by atoms with van der Waals surface area (Å²) in [4.78, 5) is 0. The molecule has 3 nitrogen and oxygen atoms in total. The highest BCUT2D eigenvalue weighted by Crippen LogP contribution is 2.44. The summed E-state index contributed by atoms with van der Waals surface area (Å²) >= 11 is 0. The molecular weight excluding hydrogens is 276 g/mol. The summed E-state index contributed by atoms with van der Waals surface area (Å²) in [7, 11) is 0. The highest BCUT2D eigenvalue weighted by Gasteiger charge is 2.26. The molecule has 0 radical (unpaired) electrons. The molecular formula is C19H26O3. The van der Waals surface area contributed by atoms with Gasteiger partial charge in [0.1, 0.15) is 6.10 Å². The van der Waals surface area contributed by atoms with Crippen LogP contribution < -0.4 is 9.47 Å². The topological polar surface area (TPSA) is 38.7 Å². The lowest BCUT2D eigenvalue weighted by Gasteiger charge is -2.10. The molecule has 1 aliphatic carbocycles. The van der Waals surface area contributed by atoms with Gasteiger partial charge >= 0.3 is 0 Å². The molecule has 1 aromatic rings. The van der Waals surface area contributed by atoms with Crippen LogP contribution in [0.5, 0.6) is 11.5 Å². The molecule has 1 aliphatic heterocycles. The predicted octanol–water partition coefficient (Wildman–Crippen LogP) is 4.99. The summed E-state index contributed by atoms with van der Waals surface area (Å²) in [5, 5.41) is 10.5. The molecule has 1 heterocycles. The summed E-state index contributed by atoms with van der Waals surface area (Å²) in [5.74, 6) is 1.54. The van der Waals surface area contributed by atoms with Crippen LogP contribution in [0.3, 0.4) is 0 Å². The largest absolute Gasteiger partial charge is 0.454 e. The van der Waals surface area contributed by atoms with Crippen molar-refractivity contribution in [3.63, 3.8) is 0 Å². The van der Waals surface area contributed by atoms with Gasteiger partial charge in [0.05, 0.1) is 0 Å². The van der Waals surface area contributed by atoms with E-state index in [0.29, 0.717) is 0 Å². The average Bonchev–Trinajstić information content (AvgIpc) is 3.09. The van der Waals surface area contributed by atoms with E-state index in [-0.39, 0.29) is 6.79 Å². The van der Waals surface area contributed by atoms with Crippen molar-refractivity contribution in [3.8, 4) is 11.5 Å². The molecule has 1 N–H and O–H groups in total. The maximum absolute atomic E-state index is 10.5. The van der Waals surface area contributed by atoms with Gasteiger partial charge in [-0.1, -0.05) is 51.5 Å². The molecule has 0 fully saturated rings. The first kappa shape index (κ1) is 15.4. The standard InChI is InChI=1S/C19H26O3/c1-2-3-4-5-6-7-8-9-14-10-15-11-17-18(22-13-21-17)12-16(15)19(14)20/h10-12,19-20H,2-9,13H2,1H3. The van der Waals surface area contributed by atoms with Gasteiger partial charge < -0.3 is 14.6 Å². The molecule has 22 heavy (non-hydrogen) atoms. The van der Waals surface area contributed by atoms with Crippen LogP contribution in [0.2, 0.25) is 0 Å². The van der Waals surface area contributed by atoms with Crippen LogP contribution in [-0.4, -0.2) is 11.9 Å². The van der Waals surface area contributed by atoms with Crippen LogP contribution >= 0.6 is 0 Å². The number of ether oxygens (including phenoxy) is 2. The van der Waals surface area contributed by atoms with E-state index in [1.54, 1.807) is 0 Å². The Labute approximate surface area is 132 Å². The van der Waals surface area contributed by atoms with Gasteiger partial charge in [-0.25, -0.2) is 0 Å². The quantitative estimate of drug-likeness (QED) is 0.688. The van der Waals surface area contributed by atoms with Crippen LogP contribution in [0.15, 0.2) is 17.7 Å². The fraction of sp³-hybridized carbons (Fsp3) is 0.579. The van der Waals surface area contributed by atoms with Crippen LogP contribution in [0, 0.1) is 0 Å². The molecule has 1 unspecified atom stereocenters. The monoisotopic (exact) mass is 302 g/mol. The smallest absolute Gasteiger partial charge is 0.231 e. The molecule has 1 aromatic carbocycles.